The molecule has 0 N–H and O–H groups in total. The molecule has 1 heterocycles. The molecule has 4 heteroatoms. The second kappa shape index (κ2) is 3.27. The molecule has 0 saturated heterocycles. The van der Waals surface area contributed by atoms with Crippen LogP contribution >= 0.6 is 11.6 Å². The van der Waals surface area contributed by atoms with Crippen molar-refractivity contribution in [2.75, 3.05) is 0 Å². The molecule has 0 spiro atoms. The molecule has 0 atom stereocenters. The molecule has 70 valence electrons. The summed E-state index contributed by atoms with van der Waals surface area (Å²) in [6.07, 6.45) is 0. The zero-order valence-electron chi connectivity index (χ0n) is 6.99. The van der Waals surface area contributed by atoms with Crippen LogP contribution in [0.3, 0.4) is 0 Å². The standard InChI is InChI=1S/C10H5ClO3/c11-10(13)7-5-9(12)14-8-4-2-1-3-6(7)8/h1-5H. The van der Waals surface area contributed by atoms with Crippen molar-refractivity contribution in [3.05, 3.63) is 46.3 Å². The molecule has 2 aromatic rings. The van der Waals surface area contributed by atoms with E-state index in [0.717, 1.165) is 6.07 Å². The Kier molecular flexibility index (Phi) is 2.09. The van der Waals surface area contributed by atoms with Gasteiger partial charge in [0, 0.05) is 11.5 Å². The van der Waals surface area contributed by atoms with E-state index in [1.54, 1.807) is 24.3 Å². The number of para-hydroxylation sites is 1. The third kappa shape index (κ3) is 1.42. The number of hydrogen-bond donors (Lipinski definition) is 0. The van der Waals surface area contributed by atoms with Gasteiger partial charge in [-0.25, -0.2) is 4.79 Å². The van der Waals surface area contributed by atoms with E-state index in [2.05, 4.69) is 0 Å². The summed E-state index contributed by atoms with van der Waals surface area (Å²) >= 11 is 5.33. The molecule has 0 aliphatic rings. The van der Waals surface area contributed by atoms with Gasteiger partial charge in [0.1, 0.15) is 5.58 Å². The largest absolute Gasteiger partial charge is 0.423 e. The lowest BCUT2D eigenvalue weighted by molar-refractivity contribution is 0.108. The van der Waals surface area contributed by atoms with Crippen molar-refractivity contribution in [3.63, 3.8) is 0 Å². The van der Waals surface area contributed by atoms with E-state index in [-0.39, 0.29) is 5.56 Å². The Labute approximate surface area is 83.9 Å². The number of carbonyl (C=O) groups is 1. The second-order valence-electron chi connectivity index (χ2n) is 2.75. The Bertz CT molecular complexity index is 557. The van der Waals surface area contributed by atoms with Crippen LogP contribution in [0.2, 0.25) is 0 Å². The first-order valence-corrected chi connectivity index (χ1v) is 4.29. The summed E-state index contributed by atoms with van der Waals surface area (Å²) in [5.41, 5.74) is -0.0322. The highest BCUT2D eigenvalue weighted by Crippen LogP contribution is 2.17. The maximum atomic E-state index is 11.0. The first-order chi connectivity index (χ1) is 6.68. The van der Waals surface area contributed by atoms with Gasteiger partial charge in [0.25, 0.3) is 5.24 Å². The van der Waals surface area contributed by atoms with Crippen LogP contribution in [0.4, 0.5) is 0 Å². The van der Waals surface area contributed by atoms with Gasteiger partial charge in [-0.15, -0.1) is 0 Å². The van der Waals surface area contributed by atoms with Crippen molar-refractivity contribution >= 4 is 27.8 Å². The molecule has 1 aromatic heterocycles. The summed E-state index contributed by atoms with van der Waals surface area (Å²) in [5, 5.41) is -0.110. The fourth-order valence-electron chi connectivity index (χ4n) is 1.27. The van der Waals surface area contributed by atoms with E-state index >= 15 is 0 Å². The predicted octanol–water partition coefficient (Wildman–Crippen LogP) is 2.17. The van der Waals surface area contributed by atoms with E-state index in [0.29, 0.717) is 11.0 Å². The van der Waals surface area contributed by atoms with Gasteiger partial charge in [0.05, 0.1) is 5.56 Å². The third-order valence-corrected chi connectivity index (χ3v) is 2.07. The molecule has 0 fully saturated rings. The molecule has 0 saturated carbocycles. The lowest BCUT2D eigenvalue weighted by Gasteiger charge is -1.98. The maximum Gasteiger partial charge on any atom is 0.336 e. The SMILES string of the molecule is O=C(Cl)c1cc(=O)oc2ccccc12. The third-order valence-electron chi connectivity index (χ3n) is 1.86. The van der Waals surface area contributed by atoms with E-state index in [4.69, 9.17) is 16.0 Å². The zero-order chi connectivity index (χ0) is 10.1. The summed E-state index contributed by atoms with van der Waals surface area (Å²) < 4.78 is 4.89. The highest BCUT2D eigenvalue weighted by molar-refractivity contribution is 6.68. The molecule has 0 aliphatic carbocycles. The Balaban J connectivity index is 2.94. The number of carbonyl (C=O) groups excluding carboxylic acids is 1. The molecule has 3 nitrogen and oxygen atoms in total. The van der Waals surface area contributed by atoms with Crippen LogP contribution in [0, 0.1) is 0 Å². The van der Waals surface area contributed by atoms with Gasteiger partial charge in [-0.05, 0) is 17.7 Å². The van der Waals surface area contributed by atoms with Crippen LogP contribution in [-0.4, -0.2) is 5.24 Å². The van der Waals surface area contributed by atoms with Crippen molar-refractivity contribution in [3.8, 4) is 0 Å². The second-order valence-corrected chi connectivity index (χ2v) is 3.09. The molecule has 0 unspecified atom stereocenters. The van der Waals surface area contributed by atoms with Crippen molar-refractivity contribution in [2.45, 2.75) is 0 Å². The number of fused-ring (bicyclic) bond motifs is 1. The van der Waals surface area contributed by atoms with E-state index in [1.165, 1.54) is 0 Å². The Hall–Kier alpha value is -1.61. The molecule has 1 aromatic carbocycles. The monoisotopic (exact) mass is 208 g/mol. The average Bonchev–Trinajstić information content (AvgIpc) is 2.16. The molecule has 14 heavy (non-hydrogen) atoms. The van der Waals surface area contributed by atoms with Gasteiger partial charge in [0.15, 0.2) is 0 Å². The zero-order valence-corrected chi connectivity index (χ0v) is 7.75. The van der Waals surface area contributed by atoms with Crippen molar-refractivity contribution in [1.29, 1.82) is 0 Å². The fraction of sp³-hybridized carbons (Fsp3) is 0. The van der Waals surface area contributed by atoms with Gasteiger partial charge in [-0.1, -0.05) is 18.2 Å². The lowest BCUT2D eigenvalue weighted by atomic mass is 10.1. The summed E-state index contributed by atoms with van der Waals surface area (Å²) in [6, 6.07) is 7.84. The molecule has 0 amide bonds. The summed E-state index contributed by atoms with van der Waals surface area (Å²) in [7, 11) is 0. The maximum absolute atomic E-state index is 11.0. The van der Waals surface area contributed by atoms with Gasteiger partial charge in [-0.2, -0.15) is 0 Å². The van der Waals surface area contributed by atoms with E-state index in [1.807, 2.05) is 0 Å². The van der Waals surface area contributed by atoms with Crippen molar-refractivity contribution < 1.29 is 9.21 Å². The Morgan fingerprint density at radius 3 is 2.71 bits per heavy atom. The summed E-state index contributed by atoms with van der Waals surface area (Å²) in [5.74, 6) is 0. The highest BCUT2D eigenvalue weighted by atomic mass is 35.5. The van der Waals surface area contributed by atoms with Crippen LogP contribution in [0.5, 0.6) is 0 Å². The van der Waals surface area contributed by atoms with Crippen LogP contribution < -0.4 is 5.63 Å². The molecule has 0 radical (unpaired) electrons. The predicted molar refractivity (Wildman–Crippen MR) is 52.7 cm³/mol. The van der Waals surface area contributed by atoms with Crippen molar-refractivity contribution in [1.82, 2.24) is 0 Å². The number of hydrogen-bond acceptors (Lipinski definition) is 3. The molecule has 0 aliphatic heterocycles. The first kappa shape index (κ1) is 8.97. The lowest BCUT2D eigenvalue weighted by Crippen LogP contribution is -2.02. The van der Waals surface area contributed by atoms with Gasteiger partial charge in [0.2, 0.25) is 0 Å². The van der Waals surface area contributed by atoms with Crippen LogP contribution in [0.25, 0.3) is 11.0 Å². The topological polar surface area (TPSA) is 47.3 Å². The smallest absolute Gasteiger partial charge is 0.336 e. The number of halogens is 1. The van der Waals surface area contributed by atoms with E-state index < -0.39 is 10.9 Å². The van der Waals surface area contributed by atoms with Gasteiger partial charge >= 0.3 is 5.63 Å². The number of benzene rings is 1. The highest BCUT2D eigenvalue weighted by Gasteiger charge is 2.09. The summed E-state index contributed by atoms with van der Waals surface area (Å²) in [4.78, 5) is 22.0. The fourth-order valence-corrected chi connectivity index (χ4v) is 1.43. The van der Waals surface area contributed by atoms with Gasteiger partial charge in [-0.3, -0.25) is 4.79 Å². The Morgan fingerprint density at radius 2 is 2.00 bits per heavy atom. The van der Waals surface area contributed by atoms with E-state index in [9.17, 15) is 9.59 Å². The minimum Gasteiger partial charge on any atom is -0.423 e. The molecule has 0 bridgehead atoms. The Morgan fingerprint density at radius 1 is 1.29 bits per heavy atom. The minimum absolute atomic E-state index is 0.179. The summed E-state index contributed by atoms with van der Waals surface area (Å²) in [6.45, 7) is 0. The molecular weight excluding hydrogens is 204 g/mol. The quantitative estimate of drug-likeness (QED) is 0.533. The van der Waals surface area contributed by atoms with Crippen molar-refractivity contribution in [2.24, 2.45) is 0 Å². The molecule has 2 rings (SSSR count). The minimum atomic E-state index is -0.658. The first-order valence-electron chi connectivity index (χ1n) is 3.91. The number of rotatable bonds is 1. The van der Waals surface area contributed by atoms with Crippen LogP contribution in [0.15, 0.2) is 39.5 Å². The molecular formula is C10H5ClO3. The average molecular weight is 209 g/mol. The van der Waals surface area contributed by atoms with Gasteiger partial charge < -0.3 is 4.42 Å². The van der Waals surface area contributed by atoms with Crippen LogP contribution in [-0.2, 0) is 0 Å². The normalized spacial score (nSPS) is 10.4. The van der Waals surface area contributed by atoms with Crippen LogP contribution in [0.1, 0.15) is 10.4 Å².